The summed E-state index contributed by atoms with van der Waals surface area (Å²) in [4.78, 5) is 4.90. The molecule has 4 aliphatic rings. The minimum atomic E-state index is 0.0327. The number of benzene rings is 8. The van der Waals surface area contributed by atoms with Crippen molar-refractivity contribution < 1.29 is 9.47 Å². The Morgan fingerprint density at radius 2 is 0.732 bits per heavy atom. The van der Waals surface area contributed by atoms with Crippen molar-refractivity contribution in [2.45, 2.75) is 13.8 Å². The van der Waals surface area contributed by atoms with E-state index in [0.717, 1.165) is 45.5 Å². The maximum Gasteiger partial charge on any atom is 0.256 e. The minimum absolute atomic E-state index is 0.0327. The minimum Gasteiger partial charge on any atom is -0.458 e. The molecule has 6 heteroatoms. The predicted octanol–water partition coefficient (Wildman–Crippen LogP) is 8.78. The highest BCUT2D eigenvalue weighted by molar-refractivity contribution is 7.00. The first-order valence-electron chi connectivity index (χ1n) is 19.4. The van der Waals surface area contributed by atoms with E-state index in [-0.39, 0.29) is 13.4 Å². The van der Waals surface area contributed by atoms with E-state index in [1.54, 1.807) is 0 Å². The first-order chi connectivity index (χ1) is 27.7. The summed E-state index contributed by atoms with van der Waals surface area (Å²) in [7, 11) is 0. The van der Waals surface area contributed by atoms with Crippen LogP contribution in [0.3, 0.4) is 0 Å². The second kappa shape index (κ2) is 11.8. The van der Waals surface area contributed by atoms with Crippen molar-refractivity contribution in [1.82, 2.24) is 0 Å². The van der Waals surface area contributed by atoms with Crippen LogP contribution in [0, 0.1) is 13.8 Å². The molecular weight excluding hydrogens is 682 g/mol. The molecule has 0 aromatic heterocycles. The fourth-order valence-electron chi connectivity index (χ4n) is 10.0. The SMILES string of the molecule is Cc1c(-c2cc3c4c(c2C)N(c2ccccc2)c2ccccc2B4c2ccccc2O3)cc2c3c1N(c1ccccc1)c1ccccc1B3c1ccccc1O2. The second-order valence-corrected chi connectivity index (χ2v) is 15.2. The van der Waals surface area contributed by atoms with Gasteiger partial charge in [-0.2, -0.15) is 0 Å². The molecule has 0 bridgehead atoms. The lowest BCUT2D eigenvalue weighted by Gasteiger charge is -2.42. The van der Waals surface area contributed by atoms with Crippen molar-refractivity contribution in [3.05, 3.63) is 181 Å². The summed E-state index contributed by atoms with van der Waals surface area (Å²) in [5.74, 6) is 3.58. The fourth-order valence-corrected chi connectivity index (χ4v) is 10.0. The zero-order valence-corrected chi connectivity index (χ0v) is 31.0. The number of para-hydroxylation sites is 6. The van der Waals surface area contributed by atoms with Crippen LogP contribution in [0.2, 0.25) is 0 Å². The second-order valence-electron chi connectivity index (χ2n) is 15.2. The van der Waals surface area contributed by atoms with E-state index in [1.807, 2.05) is 0 Å². The van der Waals surface area contributed by atoms with Crippen LogP contribution in [0.25, 0.3) is 11.1 Å². The molecule has 56 heavy (non-hydrogen) atoms. The lowest BCUT2D eigenvalue weighted by molar-refractivity contribution is 0.486. The van der Waals surface area contributed by atoms with Crippen LogP contribution in [0.15, 0.2) is 170 Å². The third kappa shape index (κ3) is 4.27. The Kier molecular flexibility index (Phi) is 6.62. The van der Waals surface area contributed by atoms with E-state index in [4.69, 9.17) is 9.47 Å². The van der Waals surface area contributed by atoms with E-state index >= 15 is 0 Å². The zero-order valence-electron chi connectivity index (χ0n) is 31.0. The molecule has 8 aromatic rings. The lowest BCUT2D eigenvalue weighted by Crippen LogP contribution is -2.60. The molecule has 4 heterocycles. The fraction of sp³-hybridized carbons (Fsp3) is 0.0400. The first kappa shape index (κ1) is 31.4. The van der Waals surface area contributed by atoms with E-state index in [0.29, 0.717) is 0 Å². The Morgan fingerprint density at radius 1 is 0.375 bits per heavy atom. The van der Waals surface area contributed by atoms with Crippen molar-refractivity contribution in [2.24, 2.45) is 0 Å². The highest BCUT2D eigenvalue weighted by Crippen LogP contribution is 2.50. The first-order valence-corrected chi connectivity index (χ1v) is 19.4. The Bertz CT molecular complexity index is 2730. The molecule has 0 amide bonds. The summed E-state index contributed by atoms with van der Waals surface area (Å²) in [5.41, 5.74) is 18.9. The average molecular weight is 716 g/mol. The zero-order chi connectivity index (χ0) is 37.1. The molecule has 0 unspecified atom stereocenters. The quantitative estimate of drug-likeness (QED) is 0.171. The van der Waals surface area contributed by atoms with Crippen LogP contribution < -0.4 is 52.1 Å². The Hall–Kier alpha value is -6.91. The largest absolute Gasteiger partial charge is 0.458 e. The highest BCUT2D eigenvalue weighted by atomic mass is 16.5. The van der Waals surface area contributed by atoms with Gasteiger partial charge in [-0.25, -0.2) is 0 Å². The maximum atomic E-state index is 6.99. The number of rotatable bonds is 3. The molecule has 8 aromatic carbocycles. The van der Waals surface area contributed by atoms with Gasteiger partial charge < -0.3 is 19.3 Å². The molecule has 262 valence electrons. The number of ether oxygens (including phenoxy) is 2. The monoisotopic (exact) mass is 716 g/mol. The number of hydrogen-bond donors (Lipinski definition) is 0. The van der Waals surface area contributed by atoms with Gasteiger partial charge in [0.25, 0.3) is 13.4 Å². The summed E-state index contributed by atoms with van der Waals surface area (Å²) < 4.78 is 14.0. The average Bonchev–Trinajstić information content (AvgIpc) is 3.25. The Labute approximate surface area is 327 Å². The third-order valence-corrected chi connectivity index (χ3v) is 12.3. The molecule has 0 radical (unpaired) electrons. The number of fused-ring (bicyclic) bond motifs is 8. The summed E-state index contributed by atoms with van der Waals surface area (Å²) in [6.07, 6.45) is 0. The third-order valence-electron chi connectivity index (χ3n) is 12.3. The van der Waals surface area contributed by atoms with E-state index in [2.05, 4.69) is 194 Å². The summed E-state index contributed by atoms with van der Waals surface area (Å²) in [5, 5.41) is 0. The molecule has 0 N–H and O–H groups in total. The van der Waals surface area contributed by atoms with Crippen LogP contribution in [0.1, 0.15) is 11.1 Å². The molecule has 4 nitrogen and oxygen atoms in total. The maximum absolute atomic E-state index is 6.99. The van der Waals surface area contributed by atoms with E-state index < -0.39 is 0 Å². The predicted molar refractivity (Wildman–Crippen MR) is 233 cm³/mol. The van der Waals surface area contributed by atoms with Crippen molar-refractivity contribution in [1.29, 1.82) is 0 Å². The summed E-state index contributed by atoms with van der Waals surface area (Å²) >= 11 is 0. The van der Waals surface area contributed by atoms with Crippen molar-refractivity contribution in [3.8, 4) is 34.1 Å². The topological polar surface area (TPSA) is 24.9 Å². The van der Waals surface area contributed by atoms with Crippen LogP contribution in [0.4, 0.5) is 34.1 Å². The van der Waals surface area contributed by atoms with E-state index in [9.17, 15) is 0 Å². The van der Waals surface area contributed by atoms with Gasteiger partial charge in [0.2, 0.25) is 0 Å². The van der Waals surface area contributed by atoms with Gasteiger partial charge >= 0.3 is 0 Å². The van der Waals surface area contributed by atoms with Crippen molar-refractivity contribution in [3.63, 3.8) is 0 Å². The Morgan fingerprint density at radius 3 is 1.16 bits per heavy atom. The van der Waals surface area contributed by atoms with Gasteiger partial charge in [-0.1, -0.05) is 109 Å². The molecule has 0 atom stereocenters. The van der Waals surface area contributed by atoms with Crippen molar-refractivity contribution >= 4 is 80.3 Å². The number of anilines is 6. The molecule has 0 saturated heterocycles. The van der Waals surface area contributed by atoms with Gasteiger partial charge in [0, 0.05) is 34.1 Å². The van der Waals surface area contributed by atoms with Crippen LogP contribution >= 0.6 is 0 Å². The van der Waals surface area contributed by atoms with E-state index in [1.165, 1.54) is 66.7 Å². The van der Waals surface area contributed by atoms with Gasteiger partial charge in [0.05, 0.1) is 0 Å². The molecular formula is C50H34B2N2O2. The highest BCUT2D eigenvalue weighted by Gasteiger charge is 2.45. The van der Waals surface area contributed by atoms with Gasteiger partial charge in [-0.3, -0.25) is 0 Å². The van der Waals surface area contributed by atoms with Gasteiger partial charge in [-0.05, 0) is 130 Å². The van der Waals surface area contributed by atoms with Crippen LogP contribution in [-0.2, 0) is 0 Å². The van der Waals surface area contributed by atoms with Crippen LogP contribution in [0.5, 0.6) is 23.0 Å². The summed E-state index contributed by atoms with van der Waals surface area (Å²) in [6.45, 7) is 4.65. The van der Waals surface area contributed by atoms with Gasteiger partial charge in [0.1, 0.15) is 23.0 Å². The Balaban J connectivity index is 1.18. The van der Waals surface area contributed by atoms with Gasteiger partial charge in [-0.15, -0.1) is 0 Å². The van der Waals surface area contributed by atoms with Gasteiger partial charge in [0.15, 0.2) is 0 Å². The molecule has 4 aliphatic heterocycles. The van der Waals surface area contributed by atoms with Crippen molar-refractivity contribution in [2.75, 3.05) is 9.80 Å². The normalized spacial score (nSPS) is 13.7. The number of nitrogens with zero attached hydrogens (tertiary/aromatic N) is 2. The van der Waals surface area contributed by atoms with Crippen LogP contribution in [-0.4, -0.2) is 13.4 Å². The standard InChI is InChI=1S/C50H34B2N2O2/c1-31-35(29-45-47-49(31)53(33-17-5-3-6-18-33)41-25-13-9-21-37(41)51(47)39-23-11-15-27-43(39)55-45)36-30-46-48-50(32(36)2)54(34-19-7-4-8-20-34)42-26-14-10-22-38(42)52(48)40-24-12-16-28-44(40)56-46/h3-30H,1-2H3. The molecule has 0 saturated carbocycles. The number of hydrogen-bond acceptors (Lipinski definition) is 4. The molecule has 0 fully saturated rings. The molecule has 0 spiro atoms. The smallest absolute Gasteiger partial charge is 0.256 e. The lowest BCUT2D eigenvalue weighted by atomic mass is 9.33. The molecule has 0 aliphatic carbocycles. The summed E-state index contributed by atoms with van der Waals surface area (Å²) in [6, 6.07) is 60.9. The molecule has 12 rings (SSSR count).